The summed E-state index contributed by atoms with van der Waals surface area (Å²) >= 11 is 9.65. The maximum absolute atomic E-state index is 13.7. The van der Waals surface area contributed by atoms with E-state index in [1.54, 1.807) is 17.0 Å². The van der Waals surface area contributed by atoms with Crippen molar-refractivity contribution in [3.8, 4) is 5.75 Å². The molecule has 0 radical (unpaired) electrons. The number of nitrogens with zero attached hydrogens (tertiary/aromatic N) is 1. The van der Waals surface area contributed by atoms with Gasteiger partial charge in [0.05, 0.1) is 0 Å². The molecule has 0 saturated heterocycles. The minimum absolute atomic E-state index is 0.171. The Labute approximate surface area is 233 Å². The van der Waals surface area contributed by atoms with E-state index < -0.39 is 6.04 Å². The second-order valence-corrected chi connectivity index (χ2v) is 10.4. The summed E-state index contributed by atoms with van der Waals surface area (Å²) in [6.07, 6.45) is 2.24. The molecule has 1 atom stereocenters. The standard InChI is InChI=1S/C30H34BrClN2O3/c1-4-5-15-33-30(36)27(18-23-9-7-6-8-10-23)34(19-24-11-13-25(32)14-12-24)28(35)20-37-26-16-21(2)29(31)22(3)17-26/h6-14,16-17,27H,4-5,15,18-20H2,1-3H3,(H,33,36)/t27-/m0/s1. The van der Waals surface area contributed by atoms with Crippen LogP contribution in [-0.4, -0.2) is 35.9 Å². The molecule has 196 valence electrons. The molecule has 2 amide bonds. The van der Waals surface area contributed by atoms with Crippen molar-refractivity contribution in [1.29, 1.82) is 0 Å². The van der Waals surface area contributed by atoms with Crippen LogP contribution in [0.25, 0.3) is 0 Å². The van der Waals surface area contributed by atoms with E-state index in [0.717, 1.165) is 39.6 Å². The van der Waals surface area contributed by atoms with Crippen LogP contribution < -0.4 is 10.1 Å². The van der Waals surface area contributed by atoms with Gasteiger partial charge in [-0.25, -0.2) is 0 Å². The molecule has 7 heteroatoms. The lowest BCUT2D eigenvalue weighted by atomic mass is 10.0. The number of amides is 2. The first-order valence-electron chi connectivity index (χ1n) is 12.5. The molecule has 3 rings (SSSR count). The number of hydrogen-bond donors (Lipinski definition) is 1. The highest BCUT2D eigenvalue weighted by atomic mass is 79.9. The van der Waals surface area contributed by atoms with Crippen LogP contribution in [-0.2, 0) is 22.6 Å². The SMILES string of the molecule is CCCCNC(=O)[C@H](Cc1ccccc1)N(Cc1ccc(Cl)cc1)C(=O)COc1cc(C)c(Br)c(C)c1. The van der Waals surface area contributed by atoms with Crippen molar-refractivity contribution in [3.63, 3.8) is 0 Å². The molecule has 0 aliphatic rings. The zero-order chi connectivity index (χ0) is 26.8. The number of aryl methyl sites for hydroxylation is 2. The normalized spacial score (nSPS) is 11.6. The maximum Gasteiger partial charge on any atom is 0.261 e. The maximum atomic E-state index is 13.7. The Bertz CT molecular complexity index is 1160. The fraction of sp³-hybridized carbons (Fsp3) is 0.333. The minimum atomic E-state index is -0.695. The third-order valence-electron chi connectivity index (χ3n) is 6.14. The first-order valence-corrected chi connectivity index (χ1v) is 13.7. The topological polar surface area (TPSA) is 58.6 Å². The summed E-state index contributed by atoms with van der Waals surface area (Å²) in [4.78, 5) is 28.7. The number of halogens is 2. The van der Waals surface area contributed by atoms with Crippen LogP contribution in [0.5, 0.6) is 5.75 Å². The fourth-order valence-electron chi connectivity index (χ4n) is 4.06. The Morgan fingerprint density at radius 1 is 1.00 bits per heavy atom. The van der Waals surface area contributed by atoms with Crippen molar-refractivity contribution in [2.45, 2.75) is 52.6 Å². The first kappa shape index (κ1) is 28.7. The molecular weight excluding hydrogens is 552 g/mol. The number of nitrogens with one attached hydrogen (secondary N) is 1. The van der Waals surface area contributed by atoms with Crippen molar-refractivity contribution in [2.75, 3.05) is 13.2 Å². The molecule has 0 aromatic heterocycles. The molecular formula is C30H34BrClN2O3. The Hall–Kier alpha value is -2.83. The molecule has 0 aliphatic carbocycles. The zero-order valence-electron chi connectivity index (χ0n) is 21.6. The molecule has 1 N–H and O–H groups in total. The van der Waals surface area contributed by atoms with Gasteiger partial charge < -0.3 is 15.0 Å². The Morgan fingerprint density at radius 2 is 1.65 bits per heavy atom. The summed E-state index contributed by atoms with van der Waals surface area (Å²) in [7, 11) is 0. The van der Waals surface area contributed by atoms with Crippen molar-refractivity contribution in [1.82, 2.24) is 10.2 Å². The molecule has 0 unspecified atom stereocenters. The number of unbranched alkanes of at least 4 members (excludes halogenated alkanes) is 1. The van der Waals surface area contributed by atoms with Gasteiger partial charge in [0.25, 0.3) is 5.91 Å². The number of rotatable bonds is 12. The van der Waals surface area contributed by atoms with Crippen LogP contribution >= 0.6 is 27.5 Å². The highest BCUT2D eigenvalue weighted by Gasteiger charge is 2.30. The van der Waals surface area contributed by atoms with Gasteiger partial charge in [0.2, 0.25) is 5.91 Å². The molecule has 37 heavy (non-hydrogen) atoms. The summed E-state index contributed by atoms with van der Waals surface area (Å²) < 4.78 is 6.95. The van der Waals surface area contributed by atoms with Gasteiger partial charge in [-0.05, 0) is 66.8 Å². The average molecular weight is 586 g/mol. The number of hydrogen-bond acceptors (Lipinski definition) is 3. The summed E-state index contributed by atoms with van der Waals surface area (Å²) in [5.74, 6) is 0.180. The van der Waals surface area contributed by atoms with E-state index in [9.17, 15) is 9.59 Å². The predicted octanol–water partition coefficient (Wildman–Crippen LogP) is 6.65. The third kappa shape index (κ3) is 8.61. The number of carbonyl (C=O) groups is 2. The quantitative estimate of drug-likeness (QED) is 0.242. The van der Waals surface area contributed by atoms with Crippen LogP contribution in [0.15, 0.2) is 71.2 Å². The van der Waals surface area contributed by atoms with E-state index in [4.69, 9.17) is 16.3 Å². The van der Waals surface area contributed by atoms with Gasteiger partial charge in [0.15, 0.2) is 6.61 Å². The monoisotopic (exact) mass is 584 g/mol. The van der Waals surface area contributed by atoms with E-state index in [1.807, 2.05) is 68.4 Å². The third-order valence-corrected chi connectivity index (χ3v) is 7.64. The molecule has 3 aromatic carbocycles. The Balaban J connectivity index is 1.89. The van der Waals surface area contributed by atoms with E-state index >= 15 is 0 Å². The Kier molecular flexibility index (Phi) is 11.0. The van der Waals surface area contributed by atoms with Crippen LogP contribution in [0.4, 0.5) is 0 Å². The number of ether oxygens (including phenoxy) is 1. The van der Waals surface area contributed by atoms with Crippen molar-refractivity contribution < 1.29 is 14.3 Å². The molecule has 0 bridgehead atoms. The molecule has 5 nitrogen and oxygen atoms in total. The van der Waals surface area contributed by atoms with E-state index in [-0.39, 0.29) is 25.0 Å². The largest absolute Gasteiger partial charge is 0.484 e. The van der Waals surface area contributed by atoms with E-state index in [1.165, 1.54) is 0 Å². The second-order valence-electron chi connectivity index (χ2n) is 9.16. The van der Waals surface area contributed by atoms with Gasteiger partial charge in [0.1, 0.15) is 11.8 Å². The highest BCUT2D eigenvalue weighted by Crippen LogP contribution is 2.26. The van der Waals surface area contributed by atoms with Crippen LogP contribution in [0.1, 0.15) is 42.0 Å². The first-order chi connectivity index (χ1) is 17.8. The van der Waals surface area contributed by atoms with Crippen molar-refractivity contribution in [3.05, 3.63) is 98.5 Å². The molecule has 0 aliphatic heterocycles. The molecule has 3 aromatic rings. The van der Waals surface area contributed by atoms with Gasteiger partial charge in [-0.3, -0.25) is 9.59 Å². The molecule has 0 spiro atoms. The fourth-order valence-corrected chi connectivity index (χ4v) is 4.42. The molecule has 0 saturated carbocycles. The summed E-state index contributed by atoms with van der Waals surface area (Å²) in [6.45, 7) is 6.69. The number of carbonyl (C=O) groups excluding carboxylic acids is 2. The smallest absolute Gasteiger partial charge is 0.261 e. The van der Waals surface area contributed by atoms with Gasteiger partial charge in [-0.2, -0.15) is 0 Å². The second kappa shape index (κ2) is 14.2. The summed E-state index contributed by atoms with van der Waals surface area (Å²) in [5.41, 5.74) is 3.91. The minimum Gasteiger partial charge on any atom is -0.484 e. The van der Waals surface area contributed by atoms with E-state index in [2.05, 4.69) is 28.2 Å². The van der Waals surface area contributed by atoms with Crippen LogP contribution in [0.3, 0.4) is 0 Å². The van der Waals surface area contributed by atoms with Gasteiger partial charge in [-0.15, -0.1) is 0 Å². The Morgan fingerprint density at radius 3 is 2.27 bits per heavy atom. The lowest BCUT2D eigenvalue weighted by Crippen LogP contribution is -2.51. The number of benzene rings is 3. The van der Waals surface area contributed by atoms with Crippen molar-refractivity contribution >= 4 is 39.3 Å². The van der Waals surface area contributed by atoms with Crippen LogP contribution in [0.2, 0.25) is 5.02 Å². The molecule has 0 heterocycles. The van der Waals surface area contributed by atoms with Gasteiger partial charge in [0, 0.05) is 29.0 Å². The predicted molar refractivity (Wildman–Crippen MR) is 153 cm³/mol. The van der Waals surface area contributed by atoms with Gasteiger partial charge in [-0.1, -0.05) is 83.3 Å². The molecule has 0 fully saturated rings. The zero-order valence-corrected chi connectivity index (χ0v) is 23.9. The van der Waals surface area contributed by atoms with Crippen LogP contribution in [0, 0.1) is 13.8 Å². The van der Waals surface area contributed by atoms with Crippen molar-refractivity contribution in [2.24, 2.45) is 0 Å². The summed E-state index contributed by atoms with van der Waals surface area (Å²) in [5, 5.41) is 3.64. The lowest BCUT2D eigenvalue weighted by Gasteiger charge is -2.31. The average Bonchev–Trinajstić information content (AvgIpc) is 2.89. The van der Waals surface area contributed by atoms with Gasteiger partial charge >= 0.3 is 0 Å². The summed E-state index contributed by atoms with van der Waals surface area (Å²) in [6, 6.07) is 20.2. The lowest BCUT2D eigenvalue weighted by molar-refractivity contribution is -0.142. The van der Waals surface area contributed by atoms with E-state index in [0.29, 0.717) is 23.7 Å². The highest BCUT2D eigenvalue weighted by molar-refractivity contribution is 9.10.